The van der Waals surface area contributed by atoms with Crippen LogP contribution in [0.3, 0.4) is 0 Å². The van der Waals surface area contributed by atoms with Gasteiger partial charge in [0.15, 0.2) is 5.75 Å². The fraction of sp³-hybridized carbons (Fsp3) is 0.917. The van der Waals surface area contributed by atoms with Crippen LogP contribution in [0, 0.1) is 5.92 Å². The quantitative estimate of drug-likeness (QED) is 0.694. The van der Waals surface area contributed by atoms with Gasteiger partial charge in [0.2, 0.25) is 10.0 Å². The highest BCUT2D eigenvalue weighted by atomic mass is 32.2. The van der Waals surface area contributed by atoms with Crippen LogP contribution in [0.2, 0.25) is 0 Å². The maximum absolute atomic E-state index is 12.3. The lowest BCUT2D eigenvalue weighted by atomic mass is 9.98. The number of hydrogen-bond donors (Lipinski definition) is 1. The van der Waals surface area contributed by atoms with Gasteiger partial charge in [-0.05, 0) is 44.7 Å². The van der Waals surface area contributed by atoms with E-state index in [1.807, 2.05) is 0 Å². The van der Waals surface area contributed by atoms with Gasteiger partial charge in [0.1, 0.15) is 0 Å². The number of esters is 1. The van der Waals surface area contributed by atoms with Gasteiger partial charge in [0.05, 0.1) is 7.11 Å². The Labute approximate surface area is 114 Å². The lowest BCUT2D eigenvalue weighted by Crippen LogP contribution is -2.42. The number of carbonyl (C=O) groups is 1. The molecule has 1 aliphatic heterocycles. The molecule has 0 aromatic heterocycles. The van der Waals surface area contributed by atoms with Gasteiger partial charge in [0, 0.05) is 12.6 Å². The lowest BCUT2D eigenvalue weighted by Gasteiger charge is -2.29. The van der Waals surface area contributed by atoms with Crippen molar-refractivity contribution < 1.29 is 17.9 Å². The number of nitrogens with one attached hydrogen (secondary N) is 1. The fourth-order valence-electron chi connectivity index (χ4n) is 2.46. The molecule has 0 unspecified atom stereocenters. The molecule has 0 spiro atoms. The molecule has 7 heteroatoms. The van der Waals surface area contributed by atoms with Gasteiger partial charge < -0.3 is 10.1 Å². The molecule has 6 nitrogen and oxygen atoms in total. The summed E-state index contributed by atoms with van der Waals surface area (Å²) in [6, 6.07) is 0.101. The Morgan fingerprint density at radius 1 is 1.26 bits per heavy atom. The van der Waals surface area contributed by atoms with E-state index in [0.29, 0.717) is 12.5 Å². The molecule has 110 valence electrons. The maximum atomic E-state index is 12.3. The van der Waals surface area contributed by atoms with Crippen molar-refractivity contribution in [2.45, 2.75) is 31.7 Å². The molecule has 1 saturated heterocycles. The molecule has 2 rings (SSSR count). The Morgan fingerprint density at radius 3 is 2.42 bits per heavy atom. The Balaban J connectivity index is 2.00. The summed E-state index contributed by atoms with van der Waals surface area (Å²) in [7, 11) is -2.32. The van der Waals surface area contributed by atoms with Crippen molar-refractivity contribution in [3.05, 3.63) is 0 Å². The van der Waals surface area contributed by atoms with Crippen LogP contribution in [0.4, 0.5) is 0 Å². The first-order valence-corrected chi connectivity index (χ1v) is 8.41. The Morgan fingerprint density at radius 2 is 1.89 bits per heavy atom. The summed E-state index contributed by atoms with van der Waals surface area (Å²) in [4.78, 5) is 11.2. The zero-order valence-corrected chi connectivity index (χ0v) is 12.1. The summed E-state index contributed by atoms with van der Waals surface area (Å²) in [6.07, 6.45) is 3.81. The van der Waals surface area contributed by atoms with Crippen LogP contribution in [0.25, 0.3) is 0 Å². The molecule has 19 heavy (non-hydrogen) atoms. The van der Waals surface area contributed by atoms with Crippen LogP contribution in [0.5, 0.6) is 0 Å². The highest BCUT2D eigenvalue weighted by Gasteiger charge is 2.39. The maximum Gasteiger partial charge on any atom is 0.322 e. The molecule has 1 aliphatic carbocycles. The number of ether oxygens (including phenoxy) is 1. The summed E-state index contributed by atoms with van der Waals surface area (Å²) < 4.78 is 30.5. The summed E-state index contributed by atoms with van der Waals surface area (Å²) in [5, 5.41) is 3.27. The van der Waals surface area contributed by atoms with Crippen molar-refractivity contribution in [2.24, 2.45) is 5.92 Å². The predicted octanol–water partition coefficient (Wildman–Crippen LogP) is -0.0468. The van der Waals surface area contributed by atoms with Gasteiger partial charge >= 0.3 is 5.97 Å². The summed E-state index contributed by atoms with van der Waals surface area (Å²) in [5.41, 5.74) is 0. The largest absolute Gasteiger partial charge is 0.468 e. The average molecular weight is 290 g/mol. The van der Waals surface area contributed by atoms with Gasteiger partial charge in [-0.25, -0.2) is 8.42 Å². The van der Waals surface area contributed by atoms with Crippen molar-refractivity contribution in [2.75, 3.05) is 32.5 Å². The molecular formula is C12H22N2O4S. The number of sulfonamides is 1. The third-order valence-corrected chi connectivity index (χ3v) is 5.50. The van der Waals surface area contributed by atoms with E-state index in [2.05, 4.69) is 10.1 Å². The van der Waals surface area contributed by atoms with Gasteiger partial charge in [-0.15, -0.1) is 0 Å². The molecule has 0 aromatic carbocycles. The third kappa shape index (κ3) is 4.15. The molecular weight excluding hydrogens is 268 g/mol. The number of rotatable bonds is 6. The molecule has 0 atom stereocenters. The Hall–Kier alpha value is -0.660. The second kappa shape index (κ2) is 6.19. The Bertz CT molecular complexity index is 413. The third-order valence-electron chi connectivity index (χ3n) is 3.74. The standard InChI is InChI=1S/C12H22N2O4S/c1-18-12(15)9-19(16,17)14(11-2-3-11)8-10-4-6-13-7-5-10/h10-11,13H,2-9H2,1H3. The average Bonchev–Trinajstić information content (AvgIpc) is 3.20. The van der Waals surface area contributed by atoms with E-state index in [-0.39, 0.29) is 6.04 Å². The predicted molar refractivity (Wildman–Crippen MR) is 71.1 cm³/mol. The SMILES string of the molecule is COC(=O)CS(=O)(=O)N(CC1CCNCC1)C1CC1. The van der Waals surface area contributed by atoms with Crippen molar-refractivity contribution in [1.82, 2.24) is 9.62 Å². The van der Waals surface area contributed by atoms with E-state index in [1.165, 1.54) is 7.11 Å². The fourth-order valence-corrected chi connectivity index (χ4v) is 4.15. The molecule has 1 N–H and O–H groups in total. The number of methoxy groups -OCH3 is 1. The van der Waals surface area contributed by atoms with Crippen molar-refractivity contribution in [1.29, 1.82) is 0 Å². The van der Waals surface area contributed by atoms with E-state index in [1.54, 1.807) is 4.31 Å². The van der Waals surface area contributed by atoms with Crippen molar-refractivity contribution in [3.8, 4) is 0 Å². The topological polar surface area (TPSA) is 75.7 Å². The van der Waals surface area contributed by atoms with Crippen LogP contribution >= 0.6 is 0 Å². The number of nitrogens with zero attached hydrogens (tertiary/aromatic N) is 1. The zero-order valence-electron chi connectivity index (χ0n) is 11.3. The number of piperidine rings is 1. The van der Waals surface area contributed by atoms with Crippen LogP contribution in [-0.4, -0.2) is 57.2 Å². The normalized spacial score (nSPS) is 21.6. The van der Waals surface area contributed by atoms with E-state index < -0.39 is 21.7 Å². The molecule has 1 saturated carbocycles. The van der Waals surface area contributed by atoms with Crippen LogP contribution in [0.1, 0.15) is 25.7 Å². The number of hydrogen-bond acceptors (Lipinski definition) is 5. The van der Waals surface area contributed by atoms with E-state index in [9.17, 15) is 13.2 Å². The molecule has 0 bridgehead atoms. The minimum Gasteiger partial charge on any atom is -0.468 e. The van der Waals surface area contributed by atoms with Gasteiger partial charge in [0.25, 0.3) is 0 Å². The van der Waals surface area contributed by atoms with Crippen molar-refractivity contribution in [3.63, 3.8) is 0 Å². The van der Waals surface area contributed by atoms with E-state index in [4.69, 9.17) is 0 Å². The van der Waals surface area contributed by atoms with Crippen LogP contribution in [-0.2, 0) is 19.6 Å². The van der Waals surface area contributed by atoms with Gasteiger partial charge in [-0.2, -0.15) is 4.31 Å². The highest BCUT2D eigenvalue weighted by molar-refractivity contribution is 7.89. The second-order valence-corrected chi connectivity index (χ2v) is 7.25. The molecule has 0 aromatic rings. The number of carbonyl (C=O) groups excluding carboxylic acids is 1. The minimum atomic E-state index is -3.53. The summed E-state index contributed by atoms with van der Waals surface area (Å²) in [5.74, 6) is -0.824. The molecule has 0 amide bonds. The first-order valence-electron chi connectivity index (χ1n) is 6.80. The molecule has 0 radical (unpaired) electrons. The van der Waals surface area contributed by atoms with Gasteiger partial charge in [-0.3, -0.25) is 4.79 Å². The van der Waals surface area contributed by atoms with Gasteiger partial charge in [-0.1, -0.05) is 0 Å². The van der Waals surface area contributed by atoms with Crippen LogP contribution in [0.15, 0.2) is 0 Å². The van der Waals surface area contributed by atoms with Crippen LogP contribution < -0.4 is 5.32 Å². The Kier molecular flexibility index (Phi) is 4.81. The summed E-state index contributed by atoms with van der Waals surface area (Å²) >= 11 is 0. The second-order valence-electron chi connectivity index (χ2n) is 5.33. The highest BCUT2D eigenvalue weighted by Crippen LogP contribution is 2.31. The summed E-state index contributed by atoms with van der Waals surface area (Å²) in [6.45, 7) is 2.44. The first kappa shape index (κ1) is 14.7. The lowest BCUT2D eigenvalue weighted by molar-refractivity contribution is -0.137. The monoisotopic (exact) mass is 290 g/mol. The first-order chi connectivity index (χ1) is 9.03. The zero-order chi connectivity index (χ0) is 13.9. The van der Waals surface area contributed by atoms with E-state index in [0.717, 1.165) is 38.8 Å². The molecule has 1 heterocycles. The molecule has 2 fully saturated rings. The van der Waals surface area contributed by atoms with E-state index >= 15 is 0 Å². The smallest absolute Gasteiger partial charge is 0.322 e. The minimum absolute atomic E-state index is 0.101. The van der Waals surface area contributed by atoms with Crippen molar-refractivity contribution >= 4 is 16.0 Å². The molecule has 2 aliphatic rings.